The largest absolute Gasteiger partial charge is 0.451 e. The molecule has 1 atom stereocenters. The maximum absolute atomic E-state index is 12.6. The number of Topliss-reactive ketones (excluding diaryl/α,β-unsaturated/α-hetero) is 1. The maximum Gasteiger partial charge on any atom is 0.451 e. The molecule has 1 aromatic heterocycles. The van der Waals surface area contributed by atoms with Crippen LogP contribution in [0.1, 0.15) is 42.9 Å². The summed E-state index contributed by atoms with van der Waals surface area (Å²) in [7, 11) is 0. The average molecular weight is 378 g/mol. The number of carbonyl (C=O) groups is 2. The third-order valence-electron chi connectivity index (χ3n) is 5.05. The lowest BCUT2D eigenvalue weighted by Crippen LogP contribution is -2.40. The number of allylic oxidation sites excluding steroid dienone is 1. The van der Waals surface area contributed by atoms with Crippen molar-refractivity contribution in [2.24, 2.45) is 10.8 Å². The summed E-state index contributed by atoms with van der Waals surface area (Å²) >= 11 is 0. The molecule has 1 aromatic rings. The molecule has 0 bridgehead atoms. The number of rotatable bonds is 1. The van der Waals surface area contributed by atoms with Gasteiger partial charge in [0.15, 0.2) is 5.78 Å². The third-order valence-corrected chi connectivity index (χ3v) is 5.05. The Morgan fingerprint density at radius 3 is 2.48 bits per heavy atom. The van der Waals surface area contributed by atoms with Crippen molar-refractivity contribution in [2.45, 2.75) is 32.9 Å². The van der Waals surface area contributed by atoms with E-state index in [1.165, 1.54) is 4.90 Å². The smallest absolute Gasteiger partial charge is 0.338 e. The SMILES string of the molecule is CC1(C)C[C@]2(C=C(C#N)C1=O)CCN(C(=O)c1cnc(C(F)(F)F)nc1)C2. The Kier molecular flexibility index (Phi) is 4.33. The molecular weight excluding hydrogens is 361 g/mol. The zero-order valence-corrected chi connectivity index (χ0v) is 14.8. The van der Waals surface area contributed by atoms with Gasteiger partial charge in [-0.25, -0.2) is 9.97 Å². The molecule has 2 heterocycles. The summed E-state index contributed by atoms with van der Waals surface area (Å²) in [6, 6.07) is 1.94. The van der Waals surface area contributed by atoms with Crippen molar-refractivity contribution in [3.8, 4) is 6.07 Å². The van der Waals surface area contributed by atoms with Crippen LogP contribution in [0.2, 0.25) is 0 Å². The number of likely N-dealkylation sites (tertiary alicyclic amines) is 1. The topological polar surface area (TPSA) is 87.0 Å². The summed E-state index contributed by atoms with van der Waals surface area (Å²) < 4.78 is 37.7. The van der Waals surface area contributed by atoms with Gasteiger partial charge < -0.3 is 4.90 Å². The van der Waals surface area contributed by atoms with Crippen molar-refractivity contribution in [3.63, 3.8) is 0 Å². The number of aromatic nitrogens is 2. The number of alkyl halides is 3. The van der Waals surface area contributed by atoms with Crippen LogP contribution in [0.25, 0.3) is 0 Å². The second-order valence-corrected chi connectivity index (χ2v) is 7.69. The first-order valence-corrected chi connectivity index (χ1v) is 8.34. The van der Waals surface area contributed by atoms with Crippen LogP contribution in [0, 0.1) is 22.2 Å². The van der Waals surface area contributed by atoms with Crippen LogP contribution in [0.3, 0.4) is 0 Å². The standard InChI is InChI=1S/C18H17F3N4O2/c1-16(2)9-17(5-11(6-22)13(16)26)3-4-25(10-17)14(27)12-7-23-15(24-8-12)18(19,20)21/h5,7-8H,3-4,9-10H2,1-2H3/t17-/m1/s1. The van der Waals surface area contributed by atoms with Gasteiger partial charge in [-0.15, -0.1) is 0 Å². The van der Waals surface area contributed by atoms with Crippen LogP contribution in [-0.4, -0.2) is 39.6 Å². The molecule has 1 aliphatic heterocycles. The molecule has 0 N–H and O–H groups in total. The van der Waals surface area contributed by atoms with Gasteiger partial charge in [-0.3, -0.25) is 9.59 Å². The molecule has 3 rings (SSSR count). The molecule has 0 unspecified atom stereocenters. The number of carbonyl (C=O) groups excluding carboxylic acids is 2. The molecule has 6 nitrogen and oxygen atoms in total. The minimum Gasteiger partial charge on any atom is -0.338 e. The van der Waals surface area contributed by atoms with E-state index in [1.807, 2.05) is 6.07 Å². The molecule has 27 heavy (non-hydrogen) atoms. The summed E-state index contributed by atoms with van der Waals surface area (Å²) in [6.45, 7) is 4.21. The summed E-state index contributed by atoms with van der Waals surface area (Å²) in [5, 5.41) is 9.25. The van der Waals surface area contributed by atoms with Crippen molar-refractivity contribution in [3.05, 3.63) is 35.4 Å². The molecule has 0 saturated carbocycles. The van der Waals surface area contributed by atoms with E-state index in [-0.39, 0.29) is 23.5 Å². The van der Waals surface area contributed by atoms with Crippen molar-refractivity contribution >= 4 is 11.7 Å². The molecule has 1 fully saturated rings. The Morgan fingerprint density at radius 1 is 1.30 bits per heavy atom. The van der Waals surface area contributed by atoms with Crippen LogP contribution in [-0.2, 0) is 11.0 Å². The molecule has 1 saturated heterocycles. The monoisotopic (exact) mass is 378 g/mol. The highest BCUT2D eigenvalue weighted by atomic mass is 19.4. The van der Waals surface area contributed by atoms with Crippen molar-refractivity contribution in [1.29, 1.82) is 5.26 Å². The van der Waals surface area contributed by atoms with E-state index in [4.69, 9.17) is 0 Å². The van der Waals surface area contributed by atoms with Crippen LogP contribution in [0.5, 0.6) is 0 Å². The molecule has 0 aromatic carbocycles. The number of amides is 1. The number of halogens is 3. The minimum atomic E-state index is -4.67. The molecule has 0 radical (unpaired) electrons. The van der Waals surface area contributed by atoms with Crippen LogP contribution in [0.15, 0.2) is 24.0 Å². The molecule has 1 amide bonds. The Labute approximate surface area is 153 Å². The minimum absolute atomic E-state index is 0.0318. The van der Waals surface area contributed by atoms with E-state index < -0.39 is 28.7 Å². The maximum atomic E-state index is 12.6. The third kappa shape index (κ3) is 3.44. The van der Waals surface area contributed by atoms with Gasteiger partial charge in [0.1, 0.15) is 6.07 Å². The normalized spacial score (nSPS) is 24.7. The summed E-state index contributed by atoms with van der Waals surface area (Å²) in [5.74, 6) is -1.98. The van der Waals surface area contributed by atoms with E-state index in [0.29, 0.717) is 19.4 Å². The average Bonchev–Trinajstić information content (AvgIpc) is 2.99. The highest BCUT2D eigenvalue weighted by Gasteiger charge is 2.49. The van der Waals surface area contributed by atoms with Gasteiger partial charge in [0, 0.05) is 36.3 Å². The fourth-order valence-electron chi connectivity index (χ4n) is 3.93. The summed E-state index contributed by atoms with van der Waals surface area (Å²) in [4.78, 5) is 32.9. The van der Waals surface area contributed by atoms with E-state index in [0.717, 1.165) is 12.4 Å². The lowest BCUT2D eigenvalue weighted by molar-refractivity contribution is -0.145. The first kappa shape index (κ1) is 19.0. The van der Waals surface area contributed by atoms with Crippen LogP contribution in [0.4, 0.5) is 13.2 Å². The van der Waals surface area contributed by atoms with Crippen LogP contribution < -0.4 is 0 Å². The lowest BCUT2D eigenvalue weighted by atomic mass is 9.64. The first-order chi connectivity index (χ1) is 12.5. The fourth-order valence-corrected chi connectivity index (χ4v) is 3.93. The predicted molar refractivity (Wildman–Crippen MR) is 87.1 cm³/mol. The number of hydrogen-bond acceptors (Lipinski definition) is 5. The zero-order chi connectivity index (χ0) is 20.0. The van der Waals surface area contributed by atoms with Crippen molar-refractivity contribution < 1.29 is 22.8 Å². The molecule has 142 valence electrons. The van der Waals surface area contributed by atoms with Crippen molar-refractivity contribution in [1.82, 2.24) is 14.9 Å². The molecule has 1 aliphatic carbocycles. The van der Waals surface area contributed by atoms with Crippen molar-refractivity contribution in [2.75, 3.05) is 13.1 Å². The zero-order valence-electron chi connectivity index (χ0n) is 14.8. The molecule has 9 heteroatoms. The van der Waals surface area contributed by atoms with E-state index >= 15 is 0 Å². The first-order valence-electron chi connectivity index (χ1n) is 8.34. The number of nitriles is 1. The van der Waals surface area contributed by atoms with Gasteiger partial charge in [-0.1, -0.05) is 19.9 Å². The van der Waals surface area contributed by atoms with Gasteiger partial charge in [-0.2, -0.15) is 18.4 Å². The second kappa shape index (κ2) is 6.15. The Balaban J connectivity index is 1.82. The van der Waals surface area contributed by atoms with E-state index in [2.05, 4.69) is 9.97 Å². The quantitative estimate of drug-likeness (QED) is 0.750. The highest BCUT2D eigenvalue weighted by Crippen LogP contribution is 2.48. The summed E-state index contributed by atoms with van der Waals surface area (Å²) in [5.41, 5.74) is -1.14. The number of nitrogens with zero attached hydrogens (tertiary/aromatic N) is 4. The highest BCUT2D eigenvalue weighted by molar-refractivity contribution is 6.03. The number of hydrogen-bond donors (Lipinski definition) is 0. The number of ketones is 1. The van der Waals surface area contributed by atoms with E-state index in [9.17, 15) is 28.0 Å². The Bertz CT molecular complexity index is 868. The lowest BCUT2D eigenvalue weighted by Gasteiger charge is -2.38. The summed E-state index contributed by atoms with van der Waals surface area (Å²) in [6.07, 6.45) is -0.212. The van der Waals surface area contributed by atoms with Gasteiger partial charge in [0.05, 0.1) is 11.1 Å². The molecular formula is C18H17F3N4O2. The molecule has 2 aliphatic rings. The van der Waals surface area contributed by atoms with Crippen LogP contribution >= 0.6 is 0 Å². The van der Waals surface area contributed by atoms with Gasteiger partial charge in [-0.05, 0) is 12.8 Å². The fraction of sp³-hybridized carbons (Fsp3) is 0.500. The Hall–Kier alpha value is -2.76. The van der Waals surface area contributed by atoms with E-state index in [1.54, 1.807) is 19.9 Å². The van der Waals surface area contributed by atoms with Gasteiger partial charge >= 0.3 is 6.18 Å². The second-order valence-electron chi connectivity index (χ2n) is 7.69. The van der Waals surface area contributed by atoms with Gasteiger partial charge in [0.2, 0.25) is 5.82 Å². The predicted octanol–water partition coefficient (Wildman–Crippen LogP) is 2.78. The molecule has 1 spiro atoms. The Morgan fingerprint density at radius 2 is 1.93 bits per heavy atom. The van der Waals surface area contributed by atoms with Gasteiger partial charge in [0.25, 0.3) is 5.91 Å².